The normalized spacial score (nSPS) is 11.7. The molecule has 5 rings (SSSR count). The standard InChI is InChI=1S/C30H38N16O4/c1-6-8-10-17-22(37-39-28-24(19(48)13-47)35-15-43(28)3)26(31)45(41-17)20-12-21(34-14-33-20)46-27(32)23(18(42-46)11-9-7-2)38-40-29-25(30(49)50-5)36-16-44(29)4/h12,14-16,47H,6-11,13,31-32H2,1-5H3/b39-37+,40-38+. The molecule has 0 aromatic carbocycles. The Hall–Kier alpha value is -6.18. The van der Waals surface area contributed by atoms with Gasteiger partial charge in [0.25, 0.3) is 0 Å². The number of nitrogens with zero attached hydrogens (tertiary/aromatic N) is 14. The van der Waals surface area contributed by atoms with Crippen molar-refractivity contribution in [3.8, 4) is 11.6 Å². The van der Waals surface area contributed by atoms with Crippen LogP contribution in [-0.2, 0) is 31.7 Å². The number of Topliss-reactive ketones (excluding diaryl/α,β-unsaturated/α-hetero) is 1. The van der Waals surface area contributed by atoms with Gasteiger partial charge < -0.3 is 30.4 Å². The summed E-state index contributed by atoms with van der Waals surface area (Å²) in [6.07, 6.45) is 8.66. The zero-order valence-electron chi connectivity index (χ0n) is 28.3. The Balaban J connectivity index is 1.55. The van der Waals surface area contributed by atoms with E-state index in [1.54, 1.807) is 24.7 Å². The van der Waals surface area contributed by atoms with E-state index in [-0.39, 0.29) is 34.7 Å². The number of rotatable bonds is 15. The zero-order chi connectivity index (χ0) is 35.9. The summed E-state index contributed by atoms with van der Waals surface area (Å²) in [5.41, 5.74) is 14.9. The van der Waals surface area contributed by atoms with Gasteiger partial charge in [-0.25, -0.2) is 24.7 Å². The highest BCUT2D eigenvalue weighted by Gasteiger charge is 2.23. The van der Waals surface area contributed by atoms with Crippen molar-refractivity contribution in [2.45, 2.75) is 52.4 Å². The van der Waals surface area contributed by atoms with Crippen molar-refractivity contribution >= 4 is 46.4 Å². The number of azo groups is 2. The second-order valence-corrected chi connectivity index (χ2v) is 11.2. The lowest BCUT2D eigenvalue weighted by molar-refractivity contribution is 0.0595. The van der Waals surface area contributed by atoms with E-state index in [0.717, 1.165) is 25.7 Å². The van der Waals surface area contributed by atoms with Crippen LogP contribution in [-0.4, -0.2) is 79.2 Å². The Bertz CT molecular complexity index is 1930. The third-order valence-electron chi connectivity index (χ3n) is 7.62. The number of hydrogen-bond donors (Lipinski definition) is 3. The van der Waals surface area contributed by atoms with E-state index in [1.807, 2.05) is 6.92 Å². The van der Waals surface area contributed by atoms with Crippen LogP contribution < -0.4 is 11.5 Å². The summed E-state index contributed by atoms with van der Waals surface area (Å²) in [4.78, 5) is 41.3. The predicted octanol–water partition coefficient (Wildman–Crippen LogP) is 3.96. The Morgan fingerprint density at radius 3 is 1.72 bits per heavy atom. The number of aromatic nitrogens is 10. The number of aryl methyl sites for hydroxylation is 4. The lowest BCUT2D eigenvalue weighted by Gasteiger charge is -2.06. The summed E-state index contributed by atoms with van der Waals surface area (Å²) in [6, 6.07) is 1.61. The first-order chi connectivity index (χ1) is 24.1. The van der Waals surface area contributed by atoms with Crippen LogP contribution >= 0.6 is 0 Å². The fourth-order valence-electron chi connectivity index (χ4n) is 4.89. The molecule has 5 heterocycles. The van der Waals surface area contributed by atoms with Crippen molar-refractivity contribution in [3.63, 3.8) is 0 Å². The van der Waals surface area contributed by atoms with E-state index < -0.39 is 18.4 Å². The molecule has 0 aliphatic heterocycles. The number of carbonyl (C=O) groups is 2. The van der Waals surface area contributed by atoms with E-state index in [2.05, 4.69) is 47.3 Å². The summed E-state index contributed by atoms with van der Waals surface area (Å²) in [5, 5.41) is 36.1. The maximum atomic E-state index is 12.2. The van der Waals surface area contributed by atoms with Gasteiger partial charge in [-0.3, -0.25) is 4.79 Å². The van der Waals surface area contributed by atoms with Crippen molar-refractivity contribution in [3.05, 3.63) is 47.8 Å². The van der Waals surface area contributed by atoms with Gasteiger partial charge in [0.15, 0.2) is 57.7 Å². The molecule has 262 valence electrons. The molecule has 0 aliphatic rings. The monoisotopic (exact) mass is 686 g/mol. The van der Waals surface area contributed by atoms with Crippen LogP contribution in [0.25, 0.3) is 11.6 Å². The number of imidazole rings is 2. The highest BCUT2D eigenvalue weighted by Crippen LogP contribution is 2.35. The molecule has 0 unspecified atom stereocenters. The van der Waals surface area contributed by atoms with Crippen LogP contribution in [0.15, 0.2) is 45.5 Å². The number of nitrogens with two attached hydrogens (primary N) is 2. The first-order valence-electron chi connectivity index (χ1n) is 15.8. The molecule has 0 radical (unpaired) electrons. The molecule has 5 aromatic rings. The SMILES string of the molecule is CCCCc1nn(-c2cc(-n3nc(CCCC)c(/N=N/c4c(C(=O)OC)ncn4C)c3N)ncn2)c(N)c1/N=N/c1c(C(=O)CO)ncn1C. The quantitative estimate of drug-likeness (QED) is 0.0803. The van der Waals surface area contributed by atoms with Crippen LogP contribution in [0.4, 0.5) is 34.6 Å². The molecule has 0 saturated heterocycles. The fourth-order valence-corrected chi connectivity index (χ4v) is 4.89. The molecular formula is C30H38N16O4. The number of ketones is 1. The number of methoxy groups -OCH3 is 1. The zero-order valence-corrected chi connectivity index (χ0v) is 28.3. The predicted molar refractivity (Wildman–Crippen MR) is 180 cm³/mol. The third-order valence-corrected chi connectivity index (χ3v) is 7.62. The Kier molecular flexibility index (Phi) is 10.8. The maximum absolute atomic E-state index is 12.2. The largest absolute Gasteiger partial charge is 0.464 e. The van der Waals surface area contributed by atoms with Crippen molar-refractivity contribution in [1.29, 1.82) is 0 Å². The molecular weight excluding hydrogens is 648 g/mol. The minimum Gasteiger partial charge on any atom is -0.464 e. The molecule has 5 aromatic heterocycles. The number of anilines is 2. The van der Waals surface area contributed by atoms with Crippen molar-refractivity contribution in [2.24, 2.45) is 34.6 Å². The van der Waals surface area contributed by atoms with E-state index in [1.165, 1.54) is 40.0 Å². The first-order valence-corrected chi connectivity index (χ1v) is 15.8. The van der Waals surface area contributed by atoms with Gasteiger partial charge in [-0.15, -0.1) is 20.5 Å². The van der Waals surface area contributed by atoms with Gasteiger partial charge in [-0.1, -0.05) is 26.7 Å². The third kappa shape index (κ3) is 6.99. The number of ether oxygens (including phenoxy) is 1. The van der Waals surface area contributed by atoms with Gasteiger partial charge in [0.2, 0.25) is 5.78 Å². The number of hydrogen-bond acceptors (Lipinski definition) is 16. The number of nitrogen functional groups attached to an aromatic ring is 2. The average molecular weight is 687 g/mol. The van der Waals surface area contributed by atoms with Gasteiger partial charge in [-0.05, 0) is 25.7 Å². The molecule has 20 heteroatoms. The molecule has 0 bridgehead atoms. The molecule has 20 nitrogen and oxygen atoms in total. The Morgan fingerprint density at radius 2 is 1.26 bits per heavy atom. The first kappa shape index (κ1) is 35.1. The second kappa shape index (κ2) is 15.4. The molecule has 0 saturated carbocycles. The lowest BCUT2D eigenvalue weighted by atomic mass is 10.2. The maximum Gasteiger partial charge on any atom is 0.360 e. The Labute approximate surface area is 286 Å². The van der Waals surface area contributed by atoms with Gasteiger partial charge in [0, 0.05) is 20.2 Å². The van der Waals surface area contributed by atoms with Crippen LogP contribution in [0.5, 0.6) is 0 Å². The highest BCUT2D eigenvalue weighted by atomic mass is 16.5. The van der Waals surface area contributed by atoms with Gasteiger partial charge >= 0.3 is 5.97 Å². The minimum atomic E-state index is -0.719. The van der Waals surface area contributed by atoms with Crippen LogP contribution in [0.2, 0.25) is 0 Å². The molecule has 0 atom stereocenters. The van der Waals surface area contributed by atoms with Crippen molar-refractivity contribution < 1.29 is 19.4 Å². The molecule has 0 amide bonds. The number of aliphatic hydroxyl groups is 1. The summed E-state index contributed by atoms with van der Waals surface area (Å²) >= 11 is 0. The van der Waals surface area contributed by atoms with Gasteiger partial charge in [0.1, 0.15) is 12.9 Å². The summed E-state index contributed by atoms with van der Waals surface area (Å²) in [7, 11) is 4.59. The van der Waals surface area contributed by atoms with Crippen molar-refractivity contribution in [1.82, 2.24) is 48.6 Å². The number of aliphatic hydroxyl groups excluding tert-OH is 1. The number of esters is 1. The van der Waals surface area contributed by atoms with Crippen LogP contribution in [0, 0.1) is 0 Å². The van der Waals surface area contributed by atoms with E-state index >= 15 is 0 Å². The summed E-state index contributed by atoms with van der Waals surface area (Å²) < 4.78 is 10.7. The molecule has 0 spiro atoms. The van der Waals surface area contributed by atoms with E-state index in [4.69, 9.17) is 26.4 Å². The number of carbonyl (C=O) groups excluding carboxylic acids is 2. The number of unbranched alkanes of at least 4 members (excludes halogenated alkanes) is 2. The fraction of sp³-hybridized carbons (Fsp3) is 0.400. The second-order valence-electron chi connectivity index (χ2n) is 11.2. The van der Waals surface area contributed by atoms with Gasteiger partial charge in [-0.2, -0.15) is 19.6 Å². The smallest absolute Gasteiger partial charge is 0.360 e. The van der Waals surface area contributed by atoms with Gasteiger partial charge in [0.05, 0.1) is 31.2 Å². The minimum absolute atomic E-state index is 0.00805. The highest BCUT2D eigenvalue weighted by molar-refractivity contribution is 5.98. The lowest BCUT2D eigenvalue weighted by Crippen LogP contribution is -2.09. The summed E-state index contributed by atoms with van der Waals surface area (Å²) in [6.45, 7) is 3.38. The molecule has 5 N–H and O–H groups in total. The van der Waals surface area contributed by atoms with E-state index in [0.29, 0.717) is 47.2 Å². The van der Waals surface area contributed by atoms with E-state index in [9.17, 15) is 14.7 Å². The summed E-state index contributed by atoms with van der Waals surface area (Å²) in [5.74, 6) is 0.0105. The van der Waals surface area contributed by atoms with Crippen LogP contribution in [0.3, 0.4) is 0 Å². The van der Waals surface area contributed by atoms with Crippen molar-refractivity contribution in [2.75, 3.05) is 25.2 Å². The molecule has 50 heavy (non-hydrogen) atoms. The molecule has 0 fully saturated rings. The van der Waals surface area contributed by atoms with Crippen LogP contribution in [0.1, 0.15) is 71.9 Å². The molecule has 0 aliphatic carbocycles. The average Bonchev–Trinajstić information content (AvgIpc) is 3.86. The Morgan fingerprint density at radius 1 is 0.780 bits per heavy atom. The topological polar surface area (TPSA) is 262 Å².